The molecule has 0 bridgehead atoms. The van der Waals surface area contributed by atoms with Gasteiger partial charge in [0, 0.05) is 0 Å². The molecule has 1 unspecified atom stereocenters. The zero-order chi connectivity index (χ0) is 27.0. The monoisotopic (exact) mass is 496 g/mol. The van der Waals surface area contributed by atoms with Crippen LogP contribution >= 0.6 is 0 Å². The van der Waals surface area contributed by atoms with Gasteiger partial charge in [-0.25, -0.2) is 9.59 Å². The first-order chi connectivity index (χ1) is 16.7. The van der Waals surface area contributed by atoms with Crippen LogP contribution in [0.3, 0.4) is 0 Å². The molecule has 0 saturated carbocycles. The molecular weight excluding hydrogens is 460 g/mol. The molecule has 7 nitrogen and oxygen atoms in total. The van der Waals surface area contributed by atoms with E-state index in [0.717, 1.165) is 5.56 Å². The summed E-state index contributed by atoms with van der Waals surface area (Å²) in [6, 6.07) is 15.0. The molecule has 0 fully saturated rings. The minimum Gasteiger partial charge on any atom is -0.460 e. The third-order valence-electron chi connectivity index (χ3n) is 4.82. The van der Waals surface area contributed by atoms with Crippen molar-refractivity contribution in [2.75, 3.05) is 13.2 Å². The molecule has 0 radical (unpaired) electrons. The SMILES string of the molecule is C=Cc1ccc(C(=O)OCC(COC(C)(C)C)(CC(=O)OC(C)(C)C)OC(=O)c2ccccc2)cc1. The van der Waals surface area contributed by atoms with Crippen LogP contribution in [-0.2, 0) is 23.7 Å². The fourth-order valence-corrected chi connectivity index (χ4v) is 3.09. The highest BCUT2D eigenvalue weighted by molar-refractivity contribution is 5.91. The molecule has 0 heterocycles. The summed E-state index contributed by atoms with van der Waals surface area (Å²) < 4.78 is 22.9. The van der Waals surface area contributed by atoms with Crippen LogP contribution in [0.15, 0.2) is 61.2 Å². The van der Waals surface area contributed by atoms with Gasteiger partial charge < -0.3 is 18.9 Å². The van der Waals surface area contributed by atoms with Crippen LogP contribution in [0.4, 0.5) is 0 Å². The molecule has 1 atom stereocenters. The molecule has 0 aromatic heterocycles. The fourth-order valence-electron chi connectivity index (χ4n) is 3.09. The second-order valence-corrected chi connectivity index (χ2v) is 10.5. The van der Waals surface area contributed by atoms with Crippen LogP contribution in [0.5, 0.6) is 0 Å². The normalized spacial score (nSPS) is 13.3. The Morgan fingerprint density at radius 3 is 1.86 bits per heavy atom. The third kappa shape index (κ3) is 9.66. The number of ether oxygens (including phenoxy) is 4. The Hall–Kier alpha value is -3.45. The first-order valence-electron chi connectivity index (χ1n) is 11.8. The largest absolute Gasteiger partial charge is 0.460 e. The highest BCUT2D eigenvalue weighted by atomic mass is 16.6. The van der Waals surface area contributed by atoms with Crippen molar-refractivity contribution < 1.29 is 33.3 Å². The fraction of sp³-hybridized carbons (Fsp3) is 0.414. The summed E-state index contributed by atoms with van der Waals surface area (Å²) in [4.78, 5) is 38.8. The molecule has 0 N–H and O–H groups in total. The molecule has 0 aliphatic heterocycles. The van der Waals surface area contributed by atoms with Gasteiger partial charge in [-0.15, -0.1) is 0 Å². The van der Waals surface area contributed by atoms with Crippen molar-refractivity contribution in [2.24, 2.45) is 0 Å². The summed E-state index contributed by atoms with van der Waals surface area (Å²) >= 11 is 0. The van der Waals surface area contributed by atoms with E-state index in [2.05, 4.69) is 6.58 Å². The van der Waals surface area contributed by atoms with Gasteiger partial charge in [0.1, 0.15) is 12.2 Å². The van der Waals surface area contributed by atoms with Crippen LogP contribution < -0.4 is 0 Å². The number of hydrogen-bond acceptors (Lipinski definition) is 7. The summed E-state index contributed by atoms with van der Waals surface area (Å²) in [6.45, 7) is 13.8. The molecule has 2 aromatic rings. The average molecular weight is 497 g/mol. The van der Waals surface area contributed by atoms with Crippen molar-refractivity contribution in [3.63, 3.8) is 0 Å². The standard InChI is InChI=1S/C29H36O7/c1-8-21-14-16-23(17-15-21)25(31)33-19-29(20-34-27(2,3)4,18-24(30)35-28(5,6)7)36-26(32)22-12-10-9-11-13-22/h8-17H,1,18-20H2,2-7H3. The Kier molecular flexibility index (Phi) is 9.59. The van der Waals surface area contributed by atoms with E-state index in [-0.39, 0.29) is 18.6 Å². The number of hydrogen-bond donors (Lipinski definition) is 0. The molecule has 2 rings (SSSR count). The molecule has 0 spiro atoms. The first-order valence-corrected chi connectivity index (χ1v) is 11.8. The Bertz CT molecular complexity index is 1040. The molecule has 36 heavy (non-hydrogen) atoms. The van der Waals surface area contributed by atoms with Gasteiger partial charge in [0.15, 0.2) is 5.60 Å². The van der Waals surface area contributed by atoms with Crippen LogP contribution in [0.25, 0.3) is 6.08 Å². The van der Waals surface area contributed by atoms with Crippen LogP contribution in [0.2, 0.25) is 0 Å². The summed E-state index contributed by atoms with van der Waals surface area (Å²) in [7, 11) is 0. The first kappa shape index (κ1) is 28.8. The van der Waals surface area contributed by atoms with Crippen molar-refractivity contribution in [1.29, 1.82) is 0 Å². The Morgan fingerprint density at radius 1 is 0.750 bits per heavy atom. The van der Waals surface area contributed by atoms with Crippen molar-refractivity contribution in [1.82, 2.24) is 0 Å². The number of benzene rings is 2. The van der Waals surface area contributed by atoms with Crippen molar-refractivity contribution in [3.8, 4) is 0 Å². The van der Waals surface area contributed by atoms with E-state index in [1.807, 2.05) is 20.8 Å². The Balaban J connectivity index is 2.37. The van der Waals surface area contributed by atoms with E-state index in [4.69, 9.17) is 18.9 Å². The van der Waals surface area contributed by atoms with Crippen molar-refractivity contribution in [3.05, 3.63) is 77.9 Å². The summed E-state index contributed by atoms with van der Waals surface area (Å²) in [5.74, 6) is -1.93. The summed E-state index contributed by atoms with van der Waals surface area (Å²) in [5, 5.41) is 0. The second-order valence-electron chi connectivity index (χ2n) is 10.5. The van der Waals surface area contributed by atoms with E-state index >= 15 is 0 Å². The van der Waals surface area contributed by atoms with Crippen molar-refractivity contribution >= 4 is 24.0 Å². The molecule has 0 saturated heterocycles. The lowest BCUT2D eigenvalue weighted by molar-refractivity contribution is -0.171. The van der Waals surface area contributed by atoms with E-state index < -0.39 is 41.3 Å². The predicted molar refractivity (Wildman–Crippen MR) is 138 cm³/mol. The minimum absolute atomic E-state index is 0.197. The maximum absolute atomic E-state index is 13.1. The third-order valence-corrected chi connectivity index (χ3v) is 4.82. The van der Waals surface area contributed by atoms with E-state index in [1.54, 1.807) is 81.4 Å². The van der Waals surface area contributed by atoms with E-state index in [1.165, 1.54) is 0 Å². The van der Waals surface area contributed by atoms with Gasteiger partial charge in [-0.05, 0) is 71.4 Å². The molecule has 194 valence electrons. The van der Waals surface area contributed by atoms with Crippen LogP contribution in [-0.4, -0.2) is 47.9 Å². The quantitative estimate of drug-likeness (QED) is 0.311. The predicted octanol–water partition coefficient (Wildman–Crippen LogP) is 5.63. The molecule has 0 aliphatic carbocycles. The van der Waals surface area contributed by atoms with Gasteiger partial charge in [0.25, 0.3) is 0 Å². The van der Waals surface area contributed by atoms with Crippen molar-refractivity contribution in [2.45, 2.75) is 64.8 Å². The highest BCUT2D eigenvalue weighted by Crippen LogP contribution is 2.26. The van der Waals surface area contributed by atoms with Gasteiger partial charge in [-0.2, -0.15) is 0 Å². The lowest BCUT2D eigenvalue weighted by atomic mass is 10.00. The maximum Gasteiger partial charge on any atom is 0.338 e. The minimum atomic E-state index is -1.63. The van der Waals surface area contributed by atoms with Gasteiger partial charge in [-0.1, -0.05) is 43.0 Å². The zero-order valence-corrected chi connectivity index (χ0v) is 22.0. The second kappa shape index (κ2) is 12.0. The lowest BCUT2D eigenvalue weighted by Gasteiger charge is -2.35. The van der Waals surface area contributed by atoms with E-state index in [0.29, 0.717) is 5.56 Å². The van der Waals surface area contributed by atoms with Gasteiger partial charge in [0.05, 0.1) is 29.8 Å². The highest BCUT2D eigenvalue weighted by Gasteiger charge is 2.42. The van der Waals surface area contributed by atoms with Crippen LogP contribution in [0, 0.1) is 0 Å². The number of rotatable bonds is 10. The van der Waals surface area contributed by atoms with E-state index in [9.17, 15) is 14.4 Å². The molecule has 0 amide bonds. The summed E-state index contributed by atoms with van der Waals surface area (Å²) in [5.41, 5.74) is -1.57. The molecule has 7 heteroatoms. The maximum atomic E-state index is 13.1. The Morgan fingerprint density at radius 2 is 1.33 bits per heavy atom. The zero-order valence-electron chi connectivity index (χ0n) is 22.0. The number of carbonyl (C=O) groups excluding carboxylic acids is 3. The topological polar surface area (TPSA) is 88.1 Å². The summed E-state index contributed by atoms with van der Waals surface area (Å²) in [6.07, 6.45) is 1.29. The smallest absolute Gasteiger partial charge is 0.338 e. The molecular formula is C29H36O7. The molecule has 0 aliphatic rings. The number of carbonyl (C=O) groups is 3. The van der Waals surface area contributed by atoms with Gasteiger partial charge >= 0.3 is 17.9 Å². The average Bonchev–Trinajstić information content (AvgIpc) is 2.80. The lowest BCUT2D eigenvalue weighted by Crippen LogP contribution is -2.49. The Labute approximate surface area is 213 Å². The molecule has 2 aromatic carbocycles. The van der Waals surface area contributed by atoms with Gasteiger partial charge in [-0.3, -0.25) is 4.79 Å². The van der Waals surface area contributed by atoms with Crippen LogP contribution in [0.1, 0.15) is 74.2 Å². The van der Waals surface area contributed by atoms with Gasteiger partial charge in [0.2, 0.25) is 0 Å². The number of esters is 3.